The van der Waals surface area contributed by atoms with Gasteiger partial charge >= 0.3 is 0 Å². The van der Waals surface area contributed by atoms with E-state index in [1.54, 1.807) is 4.90 Å². The highest BCUT2D eigenvalue weighted by Gasteiger charge is 2.25. The predicted octanol–water partition coefficient (Wildman–Crippen LogP) is 1.50. The van der Waals surface area contributed by atoms with E-state index >= 15 is 0 Å². The first-order valence-corrected chi connectivity index (χ1v) is 8.45. The van der Waals surface area contributed by atoms with Crippen LogP contribution in [0, 0.1) is 0 Å². The Kier molecular flexibility index (Phi) is 4.99. The van der Waals surface area contributed by atoms with E-state index in [9.17, 15) is 9.90 Å². The van der Waals surface area contributed by atoms with E-state index in [1.807, 2.05) is 24.3 Å². The molecule has 1 amide bonds. The Morgan fingerprint density at radius 2 is 1.83 bits per heavy atom. The van der Waals surface area contributed by atoms with E-state index in [2.05, 4.69) is 18.7 Å². The number of hydrogen-bond donors (Lipinski definition) is 1. The second-order valence-corrected chi connectivity index (χ2v) is 6.84. The summed E-state index contributed by atoms with van der Waals surface area (Å²) in [6.07, 6.45) is 0.836. The fraction of sp³-hybridized carbons (Fsp3) is 0.611. The molecule has 5 nitrogen and oxygen atoms in total. The van der Waals surface area contributed by atoms with Gasteiger partial charge in [0.05, 0.1) is 18.3 Å². The van der Waals surface area contributed by atoms with E-state index in [0.29, 0.717) is 25.1 Å². The molecule has 1 N–H and O–H groups in total. The van der Waals surface area contributed by atoms with Gasteiger partial charge in [0.1, 0.15) is 0 Å². The number of amides is 1. The van der Waals surface area contributed by atoms with Gasteiger partial charge < -0.3 is 14.7 Å². The second kappa shape index (κ2) is 6.99. The Morgan fingerprint density at radius 3 is 2.39 bits per heavy atom. The average molecular weight is 318 g/mol. The van der Waals surface area contributed by atoms with Crippen LogP contribution in [0.2, 0.25) is 0 Å². The molecular weight excluding hydrogens is 292 g/mol. The third-order valence-corrected chi connectivity index (χ3v) is 4.55. The van der Waals surface area contributed by atoms with E-state index in [1.165, 1.54) is 5.56 Å². The number of likely N-dealkylation sites (tertiary alicyclic amines) is 1. The molecule has 5 heteroatoms. The van der Waals surface area contributed by atoms with Crippen LogP contribution in [0.1, 0.15) is 36.2 Å². The minimum absolute atomic E-state index is 0.0155. The fourth-order valence-corrected chi connectivity index (χ4v) is 3.53. The molecule has 2 aliphatic heterocycles. The molecule has 1 aromatic rings. The van der Waals surface area contributed by atoms with Crippen LogP contribution in [-0.4, -0.2) is 65.3 Å². The Bertz CT molecular complexity index is 536. The van der Waals surface area contributed by atoms with Crippen molar-refractivity contribution in [3.63, 3.8) is 0 Å². The number of nitrogens with zero attached hydrogens (tertiary/aromatic N) is 2. The van der Waals surface area contributed by atoms with E-state index in [4.69, 9.17) is 4.74 Å². The van der Waals surface area contributed by atoms with Gasteiger partial charge in [0.2, 0.25) is 0 Å². The minimum atomic E-state index is -0.372. The maximum absolute atomic E-state index is 12.4. The Morgan fingerprint density at radius 1 is 1.17 bits per heavy atom. The highest BCUT2D eigenvalue weighted by atomic mass is 16.5. The van der Waals surface area contributed by atoms with Gasteiger partial charge in [0, 0.05) is 38.3 Å². The number of hydrogen-bond acceptors (Lipinski definition) is 4. The third kappa shape index (κ3) is 4.10. The molecule has 0 saturated carbocycles. The number of aliphatic hydroxyl groups excluding tert-OH is 1. The second-order valence-electron chi connectivity index (χ2n) is 6.84. The van der Waals surface area contributed by atoms with Crippen molar-refractivity contribution in [2.75, 3.05) is 26.2 Å². The number of ether oxygens (including phenoxy) is 1. The van der Waals surface area contributed by atoms with Crippen LogP contribution in [0.15, 0.2) is 24.3 Å². The molecule has 2 aliphatic rings. The summed E-state index contributed by atoms with van der Waals surface area (Å²) in [5.74, 6) is 0.0155. The fourth-order valence-electron chi connectivity index (χ4n) is 3.53. The van der Waals surface area contributed by atoms with Crippen molar-refractivity contribution in [1.82, 2.24) is 9.80 Å². The van der Waals surface area contributed by atoms with Gasteiger partial charge in [-0.3, -0.25) is 9.69 Å². The van der Waals surface area contributed by atoms with Gasteiger partial charge in [0.25, 0.3) is 5.91 Å². The number of benzene rings is 1. The quantitative estimate of drug-likeness (QED) is 0.918. The molecule has 1 aromatic carbocycles. The van der Waals surface area contributed by atoms with Crippen LogP contribution in [0.25, 0.3) is 0 Å². The van der Waals surface area contributed by atoms with Gasteiger partial charge in [0.15, 0.2) is 0 Å². The number of carbonyl (C=O) groups excluding carboxylic acids is 1. The number of rotatable bonds is 3. The van der Waals surface area contributed by atoms with Gasteiger partial charge in [-0.25, -0.2) is 0 Å². The van der Waals surface area contributed by atoms with Crippen molar-refractivity contribution < 1.29 is 14.6 Å². The van der Waals surface area contributed by atoms with Gasteiger partial charge in [-0.1, -0.05) is 12.1 Å². The summed E-state index contributed by atoms with van der Waals surface area (Å²) in [4.78, 5) is 16.5. The summed E-state index contributed by atoms with van der Waals surface area (Å²) in [5, 5.41) is 9.55. The molecule has 0 bridgehead atoms. The first-order chi connectivity index (χ1) is 11.0. The lowest BCUT2D eigenvalue weighted by Gasteiger charge is -2.35. The lowest BCUT2D eigenvalue weighted by atomic mass is 10.1. The van der Waals surface area contributed by atoms with Crippen LogP contribution in [0.4, 0.5) is 0 Å². The summed E-state index contributed by atoms with van der Waals surface area (Å²) >= 11 is 0. The van der Waals surface area contributed by atoms with E-state index < -0.39 is 0 Å². The molecule has 0 spiro atoms. The van der Waals surface area contributed by atoms with Crippen LogP contribution in [-0.2, 0) is 11.3 Å². The predicted molar refractivity (Wildman–Crippen MR) is 88.3 cm³/mol. The smallest absolute Gasteiger partial charge is 0.253 e. The molecule has 0 radical (unpaired) electrons. The van der Waals surface area contributed by atoms with Crippen LogP contribution >= 0.6 is 0 Å². The average Bonchev–Trinajstić information content (AvgIpc) is 2.93. The van der Waals surface area contributed by atoms with Gasteiger partial charge in [-0.2, -0.15) is 0 Å². The summed E-state index contributed by atoms with van der Waals surface area (Å²) in [5.41, 5.74) is 1.91. The SMILES string of the molecule is CC1CN(Cc2ccc(C(=O)N3CC[C@@H](O)C3)cc2)CC(C)O1. The Labute approximate surface area is 137 Å². The van der Waals surface area contributed by atoms with Gasteiger partial charge in [-0.05, 0) is 38.0 Å². The normalized spacial score (nSPS) is 29.0. The lowest BCUT2D eigenvalue weighted by molar-refractivity contribution is -0.0704. The zero-order valence-electron chi connectivity index (χ0n) is 13.9. The molecule has 0 aromatic heterocycles. The Hall–Kier alpha value is -1.43. The summed E-state index contributed by atoms with van der Waals surface area (Å²) in [6, 6.07) is 7.86. The zero-order chi connectivity index (χ0) is 16.4. The number of carbonyl (C=O) groups is 1. The monoisotopic (exact) mass is 318 g/mol. The first-order valence-electron chi connectivity index (χ1n) is 8.45. The summed E-state index contributed by atoms with van der Waals surface area (Å²) in [7, 11) is 0. The van der Waals surface area contributed by atoms with Gasteiger partial charge in [-0.15, -0.1) is 0 Å². The van der Waals surface area contributed by atoms with Crippen molar-refractivity contribution >= 4 is 5.91 Å². The van der Waals surface area contributed by atoms with E-state index in [0.717, 1.165) is 19.6 Å². The summed E-state index contributed by atoms with van der Waals surface area (Å²) < 4.78 is 5.76. The number of morpholine rings is 1. The summed E-state index contributed by atoms with van der Waals surface area (Å²) in [6.45, 7) is 8.07. The van der Waals surface area contributed by atoms with Crippen molar-refractivity contribution in [1.29, 1.82) is 0 Å². The first kappa shape index (κ1) is 16.4. The molecule has 2 unspecified atom stereocenters. The maximum Gasteiger partial charge on any atom is 0.253 e. The molecule has 2 saturated heterocycles. The minimum Gasteiger partial charge on any atom is -0.391 e. The van der Waals surface area contributed by atoms with Crippen molar-refractivity contribution in [3.8, 4) is 0 Å². The molecule has 126 valence electrons. The largest absolute Gasteiger partial charge is 0.391 e. The number of aliphatic hydroxyl groups is 1. The molecule has 0 aliphatic carbocycles. The molecule has 3 atom stereocenters. The zero-order valence-corrected chi connectivity index (χ0v) is 13.9. The van der Waals surface area contributed by atoms with Crippen LogP contribution in [0.5, 0.6) is 0 Å². The van der Waals surface area contributed by atoms with E-state index in [-0.39, 0.29) is 24.2 Å². The molecule has 3 rings (SSSR count). The number of β-amino-alcohol motifs (C(OH)–C–C–N with tert-alkyl or cyclic N) is 1. The topological polar surface area (TPSA) is 53.0 Å². The molecular formula is C18H26N2O3. The molecule has 2 heterocycles. The third-order valence-electron chi connectivity index (χ3n) is 4.55. The Balaban J connectivity index is 1.59. The highest BCUT2D eigenvalue weighted by molar-refractivity contribution is 5.94. The van der Waals surface area contributed by atoms with Crippen molar-refractivity contribution in [2.24, 2.45) is 0 Å². The van der Waals surface area contributed by atoms with Crippen LogP contribution in [0.3, 0.4) is 0 Å². The van der Waals surface area contributed by atoms with Crippen molar-refractivity contribution in [2.45, 2.75) is 45.1 Å². The van der Waals surface area contributed by atoms with Crippen LogP contribution < -0.4 is 0 Å². The highest BCUT2D eigenvalue weighted by Crippen LogP contribution is 2.17. The lowest BCUT2D eigenvalue weighted by Crippen LogP contribution is -2.44. The van der Waals surface area contributed by atoms with Crippen molar-refractivity contribution in [3.05, 3.63) is 35.4 Å². The molecule has 2 fully saturated rings. The standard InChI is InChI=1S/C18H26N2O3/c1-13-9-19(10-14(2)23-13)11-15-3-5-16(6-4-15)18(22)20-8-7-17(21)12-20/h3-6,13-14,17,21H,7-12H2,1-2H3/t13?,14?,17-/m1/s1. The molecule has 23 heavy (non-hydrogen) atoms. The maximum atomic E-state index is 12.4.